The van der Waals surface area contributed by atoms with Crippen molar-refractivity contribution in [3.63, 3.8) is 0 Å². The van der Waals surface area contributed by atoms with Gasteiger partial charge in [-0.2, -0.15) is 0 Å². The molecule has 0 radical (unpaired) electrons. The molecule has 6 heteroatoms. The molecule has 534 valence electrons. The minimum atomic E-state index is -0.216. The van der Waals surface area contributed by atoms with E-state index in [2.05, 4.69) is 415 Å². The van der Waals surface area contributed by atoms with E-state index in [0.717, 1.165) is 51.2 Å². The molecule has 0 fully saturated rings. The molecule has 108 heavy (non-hydrogen) atoms. The van der Waals surface area contributed by atoms with Gasteiger partial charge in [-0.05, 0) is 202 Å². The molecule has 2 aliphatic rings. The Hall–Kier alpha value is -11.1. The molecule has 3 aromatic heterocycles. The largest absolute Gasteiger partial charge is 0.311 e. The van der Waals surface area contributed by atoms with Gasteiger partial charge in [-0.1, -0.05) is 294 Å². The molecule has 13 aromatic carbocycles. The third-order valence-corrected chi connectivity index (χ3v) is 23.8. The van der Waals surface area contributed by atoms with Crippen LogP contribution in [0.3, 0.4) is 0 Å². The van der Waals surface area contributed by atoms with Crippen molar-refractivity contribution in [2.45, 2.75) is 157 Å². The van der Waals surface area contributed by atoms with Crippen molar-refractivity contribution in [2.24, 2.45) is 0 Å². The molecule has 16 aromatic rings. The summed E-state index contributed by atoms with van der Waals surface area (Å²) in [5, 5.41) is 7.48. The van der Waals surface area contributed by atoms with E-state index in [1.54, 1.807) is 0 Å². The number of fused-ring (bicyclic) bond motifs is 13. The number of hydrogen-bond donors (Lipinski definition) is 0. The Morgan fingerprint density at radius 1 is 0.204 bits per heavy atom. The zero-order chi connectivity index (χ0) is 75.2. The third-order valence-electron chi connectivity index (χ3n) is 23.8. The maximum atomic E-state index is 2.64. The molecular formula is C102H98BN5. The highest BCUT2D eigenvalue weighted by molar-refractivity contribution is 7.00. The average Bonchev–Trinajstić information content (AvgIpc) is 0.999. The Labute approximate surface area is 638 Å². The van der Waals surface area contributed by atoms with Gasteiger partial charge in [0.25, 0.3) is 6.71 Å². The second kappa shape index (κ2) is 24.2. The molecule has 0 N–H and O–H groups in total. The summed E-state index contributed by atoms with van der Waals surface area (Å²) in [7, 11) is 0. The lowest BCUT2D eigenvalue weighted by atomic mass is 9.33. The SMILES string of the molecule is CC(C)(C)c1ccc2c3ccc(C(C)(C)C)cc3n(-c3ccc4c(c3)N(c3ccc(-c5ccccc5)cc3)c3cc(-n5c6cc(C(C)(C)C)ccc6c6ccc(C(C)(C)C)cc65)cc5c3B4c3ccc(-n4c6cc(C(C)(C)C)ccc6c6ccc(C(C)(C)C)cc64)cc3N5c3ccc(-c4ccccc4)cc3)c2c1. The molecule has 18 rings (SSSR count). The average molecular weight is 1400 g/mol. The first kappa shape index (κ1) is 68.7. The summed E-state index contributed by atoms with van der Waals surface area (Å²) >= 11 is 0. The maximum absolute atomic E-state index is 2.64. The van der Waals surface area contributed by atoms with Crippen LogP contribution in [-0.2, 0) is 32.5 Å². The first-order chi connectivity index (χ1) is 51.3. The van der Waals surface area contributed by atoms with Crippen LogP contribution in [-0.4, -0.2) is 20.4 Å². The van der Waals surface area contributed by atoms with Crippen LogP contribution in [0.5, 0.6) is 0 Å². The van der Waals surface area contributed by atoms with Crippen LogP contribution in [0.2, 0.25) is 0 Å². The van der Waals surface area contributed by atoms with Crippen LogP contribution < -0.4 is 26.2 Å². The van der Waals surface area contributed by atoms with Gasteiger partial charge >= 0.3 is 0 Å². The molecule has 0 saturated carbocycles. The molecular weight excluding hydrogens is 1310 g/mol. The summed E-state index contributed by atoms with van der Waals surface area (Å²) in [6.45, 7) is 41.9. The number of aromatic nitrogens is 3. The van der Waals surface area contributed by atoms with E-state index in [0.29, 0.717) is 0 Å². The smallest absolute Gasteiger partial charge is 0.252 e. The van der Waals surface area contributed by atoms with E-state index in [1.165, 1.54) is 137 Å². The van der Waals surface area contributed by atoms with Gasteiger partial charge in [-0.15, -0.1) is 0 Å². The topological polar surface area (TPSA) is 21.3 Å². The number of hydrogen-bond acceptors (Lipinski definition) is 2. The Bertz CT molecular complexity index is 5810. The van der Waals surface area contributed by atoms with Gasteiger partial charge in [0, 0.05) is 77.8 Å². The van der Waals surface area contributed by atoms with Crippen LogP contribution in [0.1, 0.15) is 158 Å². The Morgan fingerprint density at radius 3 is 0.694 bits per heavy atom. The lowest BCUT2D eigenvalue weighted by molar-refractivity contribution is 0.590. The quantitative estimate of drug-likeness (QED) is 0.148. The molecule has 0 spiro atoms. The standard InChI is InChI=1S/C102H98BN5/c1-97(2,3)67-33-45-78-79-46-34-68(98(4,5)6)54-87(79)106(86(78)53-67)75-43-51-84-92(59-75)104(73-39-29-65(30-40-73)63-25-21-19-22-26-63)94-61-77(108-90-57-71(101(13,14)15)37-49-82(90)83-50-38-72(58-91(83)108)102(16,17)18)62-95-96(94)103(84)85-52-44-76(60-93(85)105(95)74-41-31-66(32-42-74)64-27-23-20-24-28-64)107-88-55-69(99(7,8)9)35-47-80(88)81-48-36-70(56-89(81)107)100(10,11)12/h19-62H,1-18H3. The van der Waals surface area contributed by atoms with Crippen molar-refractivity contribution >= 4 is 123 Å². The fourth-order valence-corrected chi connectivity index (χ4v) is 17.5. The van der Waals surface area contributed by atoms with Crippen molar-refractivity contribution in [2.75, 3.05) is 9.80 Å². The van der Waals surface area contributed by atoms with Gasteiger partial charge in [0.2, 0.25) is 0 Å². The molecule has 0 saturated heterocycles. The molecule has 0 bridgehead atoms. The van der Waals surface area contributed by atoms with Gasteiger partial charge in [-0.25, -0.2) is 0 Å². The number of benzene rings is 13. The first-order valence-corrected chi connectivity index (χ1v) is 39.0. The summed E-state index contributed by atoms with van der Waals surface area (Å²) in [5.41, 5.74) is 33.0. The van der Waals surface area contributed by atoms with Crippen molar-refractivity contribution in [3.05, 3.63) is 300 Å². The zero-order valence-electron chi connectivity index (χ0n) is 66.2. The van der Waals surface area contributed by atoms with Crippen molar-refractivity contribution in [3.8, 4) is 39.3 Å². The van der Waals surface area contributed by atoms with Crippen LogP contribution in [0, 0.1) is 0 Å². The Morgan fingerprint density at radius 2 is 0.435 bits per heavy atom. The van der Waals surface area contributed by atoms with E-state index in [-0.39, 0.29) is 39.2 Å². The van der Waals surface area contributed by atoms with Gasteiger partial charge in [0.05, 0.1) is 38.8 Å². The second-order valence-electron chi connectivity index (χ2n) is 37.2. The summed E-state index contributed by atoms with van der Waals surface area (Å²) in [5.74, 6) is 0. The molecule has 0 atom stereocenters. The predicted molar refractivity (Wildman–Crippen MR) is 467 cm³/mol. The lowest BCUT2D eigenvalue weighted by Gasteiger charge is -2.44. The number of rotatable bonds is 7. The lowest BCUT2D eigenvalue weighted by Crippen LogP contribution is -2.61. The molecule has 0 unspecified atom stereocenters. The highest BCUT2D eigenvalue weighted by Crippen LogP contribution is 2.50. The fourth-order valence-electron chi connectivity index (χ4n) is 17.5. The minimum Gasteiger partial charge on any atom is -0.311 e. The predicted octanol–water partition coefficient (Wildman–Crippen LogP) is 26.2. The second-order valence-corrected chi connectivity index (χ2v) is 37.2. The van der Waals surface area contributed by atoms with Crippen molar-refractivity contribution in [1.82, 2.24) is 13.7 Å². The Kier molecular flexibility index (Phi) is 15.4. The first-order valence-electron chi connectivity index (χ1n) is 39.0. The van der Waals surface area contributed by atoms with Gasteiger partial charge < -0.3 is 23.5 Å². The van der Waals surface area contributed by atoms with Crippen LogP contribution in [0.4, 0.5) is 34.1 Å². The summed E-state index contributed by atoms with van der Waals surface area (Å²) in [6, 6.07) is 104. The summed E-state index contributed by atoms with van der Waals surface area (Å²) in [6.07, 6.45) is 0. The van der Waals surface area contributed by atoms with Gasteiger partial charge in [0.15, 0.2) is 0 Å². The Balaban J connectivity index is 0.999. The van der Waals surface area contributed by atoms with E-state index in [9.17, 15) is 0 Å². The van der Waals surface area contributed by atoms with Gasteiger partial charge in [-0.3, -0.25) is 0 Å². The highest BCUT2D eigenvalue weighted by Gasteiger charge is 2.45. The fraction of sp³-hybridized carbons (Fsp3) is 0.235. The zero-order valence-corrected chi connectivity index (χ0v) is 66.2. The molecule has 5 nitrogen and oxygen atoms in total. The maximum Gasteiger partial charge on any atom is 0.252 e. The van der Waals surface area contributed by atoms with Crippen LogP contribution in [0.15, 0.2) is 267 Å². The van der Waals surface area contributed by atoms with E-state index < -0.39 is 0 Å². The molecule has 0 aliphatic carbocycles. The summed E-state index contributed by atoms with van der Waals surface area (Å²) < 4.78 is 7.80. The van der Waals surface area contributed by atoms with Crippen LogP contribution >= 0.6 is 0 Å². The normalized spacial score (nSPS) is 13.6. The molecule has 5 heterocycles. The van der Waals surface area contributed by atoms with E-state index in [1.807, 2.05) is 0 Å². The highest BCUT2D eigenvalue weighted by atomic mass is 15.2. The van der Waals surface area contributed by atoms with Gasteiger partial charge in [0.1, 0.15) is 0 Å². The number of anilines is 6. The van der Waals surface area contributed by atoms with Crippen molar-refractivity contribution < 1.29 is 0 Å². The number of nitrogens with zero attached hydrogens (tertiary/aromatic N) is 5. The van der Waals surface area contributed by atoms with E-state index in [4.69, 9.17) is 0 Å². The van der Waals surface area contributed by atoms with Crippen LogP contribution in [0.25, 0.3) is 105 Å². The van der Waals surface area contributed by atoms with E-state index >= 15 is 0 Å². The third kappa shape index (κ3) is 11.2. The minimum absolute atomic E-state index is 0.0823. The monoisotopic (exact) mass is 1400 g/mol. The molecule has 0 amide bonds. The molecule has 2 aliphatic heterocycles. The van der Waals surface area contributed by atoms with Crippen molar-refractivity contribution in [1.29, 1.82) is 0 Å². The summed E-state index contributed by atoms with van der Waals surface area (Å²) in [4.78, 5) is 5.29.